The zero-order valence-corrected chi connectivity index (χ0v) is 17.9. The molecule has 0 N–H and O–H groups in total. The van der Waals surface area contributed by atoms with E-state index in [0.29, 0.717) is 30.4 Å². The van der Waals surface area contributed by atoms with Gasteiger partial charge in [-0.2, -0.15) is 5.26 Å². The van der Waals surface area contributed by atoms with Crippen LogP contribution in [-0.2, 0) is 20.7 Å². The summed E-state index contributed by atoms with van der Waals surface area (Å²) in [6.07, 6.45) is 0.986. The Labute approximate surface area is 188 Å². The number of aryl methyl sites for hydroxylation is 1. The summed E-state index contributed by atoms with van der Waals surface area (Å²) in [5, 5.41) is 8.99. The Morgan fingerprint density at radius 2 is 1.53 bits per heavy atom. The molecule has 3 aromatic rings. The van der Waals surface area contributed by atoms with E-state index in [1.165, 1.54) is 7.11 Å². The highest BCUT2D eigenvalue weighted by Gasteiger charge is 2.28. The summed E-state index contributed by atoms with van der Waals surface area (Å²) in [7, 11) is 1.36. The van der Waals surface area contributed by atoms with Gasteiger partial charge in [-0.1, -0.05) is 60.7 Å². The highest BCUT2D eigenvalue weighted by atomic mass is 16.5. The van der Waals surface area contributed by atoms with Gasteiger partial charge >= 0.3 is 11.9 Å². The summed E-state index contributed by atoms with van der Waals surface area (Å²) in [5.74, 6) is -1.34. The van der Waals surface area contributed by atoms with E-state index in [1.807, 2.05) is 48.5 Å². The van der Waals surface area contributed by atoms with Crippen molar-refractivity contribution in [1.29, 1.82) is 5.26 Å². The van der Waals surface area contributed by atoms with Crippen LogP contribution >= 0.6 is 0 Å². The molecule has 0 aliphatic rings. The number of benzene rings is 3. The molecule has 5 nitrogen and oxygen atoms in total. The van der Waals surface area contributed by atoms with Gasteiger partial charge in [0, 0.05) is 6.42 Å². The molecule has 3 aromatic carbocycles. The van der Waals surface area contributed by atoms with Crippen molar-refractivity contribution in [3.8, 4) is 6.07 Å². The standard InChI is InChI=1S/C27H25NO4/c1-31-27(30)25(22-8-4-2-5-9-22)18-24(32-26(29)23-10-6-3-7-11-23)17-16-20-12-14-21(19-28)15-13-20/h2-15,24-25H,16-18H2,1H3. The monoisotopic (exact) mass is 427 g/mol. The van der Waals surface area contributed by atoms with Crippen LogP contribution in [0, 0.1) is 11.3 Å². The summed E-state index contributed by atoms with van der Waals surface area (Å²) in [4.78, 5) is 25.3. The zero-order valence-electron chi connectivity index (χ0n) is 17.9. The van der Waals surface area contributed by atoms with Gasteiger partial charge in [-0.3, -0.25) is 4.79 Å². The molecular weight excluding hydrogens is 402 g/mol. The van der Waals surface area contributed by atoms with Crippen molar-refractivity contribution in [3.63, 3.8) is 0 Å². The van der Waals surface area contributed by atoms with Gasteiger partial charge in [-0.25, -0.2) is 4.79 Å². The normalized spacial score (nSPS) is 12.2. The Bertz CT molecular complexity index is 1060. The van der Waals surface area contributed by atoms with Gasteiger partial charge in [-0.05, 0) is 48.2 Å². The number of ether oxygens (including phenoxy) is 2. The lowest BCUT2D eigenvalue weighted by atomic mass is 9.91. The first-order chi connectivity index (χ1) is 15.6. The summed E-state index contributed by atoms with van der Waals surface area (Å²) >= 11 is 0. The number of nitrogens with zero attached hydrogens (tertiary/aromatic N) is 1. The fourth-order valence-corrected chi connectivity index (χ4v) is 3.55. The maximum absolute atomic E-state index is 12.7. The minimum atomic E-state index is -0.546. The highest BCUT2D eigenvalue weighted by molar-refractivity contribution is 5.89. The van der Waals surface area contributed by atoms with Gasteiger partial charge in [0.15, 0.2) is 0 Å². The van der Waals surface area contributed by atoms with Crippen LogP contribution in [0.4, 0.5) is 0 Å². The fraction of sp³-hybridized carbons (Fsp3) is 0.222. The van der Waals surface area contributed by atoms with Crippen LogP contribution < -0.4 is 0 Å². The number of methoxy groups -OCH3 is 1. The van der Waals surface area contributed by atoms with Crippen molar-refractivity contribution in [1.82, 2.24) is 0 Å². The average Bonchev–Trinajstić information content (AvgIpc) is 2.86. The molecule has 0 saturated heterocycles. The first-order valence-electron chi connectivity index (χ1n) is 10.5. The molecule has 0 radical (unpaired) electrons. The molecule has 0 bridgehead atoms. The van der Waals surface area contributed by atoms with E-state index in [-0.39, 0.29) is 5.97 Å². The van der Waals surface area contributed by atoms with Crippen LogP contribution in [0.2, 0.25) is 0 Å². The van der Waals surface area contributed by atoms with Gasteiger partial charge in [0.25, 0.3) is 0 Å². The van der Waals surface area contributed by atoms with Crippen molar-refractivity contribution in [2.75, 3.05) is 7.11 Å². The van der Waals surface area contributed by atoms with Crippen LogP contribution in [0.1, 0.15) is 45.8 Å². The maximum atomic E-state index is 12.7. The lowest BCUT2D eigenvalue weighted by molar-refractivity contribution is -0.143. The van der Waals surface area contributed by atoms with Crippen LogP contribution in [0.3, 0.4) is 0 Å². The minimum Gasteiger partial charge on any atom is -0.469 e. The third-order valence-corrected chi connectivity index (χ3v) is 5.31. The number of carbonyl (C=O) groups is 2. The Hall–Kier alpha value is -3.91. The van der Waals surface area contributed by atoms with Gasteiger partial charge < -0.3 is 9.47 Å². The summed E-state index contributed by atoms with van der Waals surface area (Å²) in [6, 6.07) is 27.6. The molecule has 32 heavy (non-hydrogen) atoms. The van der Waals surface area contributed by atoms with Gasteiger partial charge in [-0.15, -0.1) is 0 Å². The molecule has 0 heterocycles. The molecular formula is C27H25NO4. The summed E-state index contributed by atoms with van der Waals surface area (Å²) < 4.78 is 10.9. The number of esters is 2. The third-order valence-electron chi connectivity index (χ3n) is 5.31. The fourth-order valence-electron chi connectivity index (χ4n) is 3.55. The first kappa shape index (κ1) is 22.8. The van der Waals surface area contributed by atoms with Crippen molar-refractivity contribution >= 4 is 11.9 Å². The number of nitriles is 1. The molecule has 162 valence electrons. The van der Waals surface area contributed by atoms with Crippen LogP contribution in [-0.4, -0.2) is 25.2 Å². The third kappa shape index (κ3) is 6.29. The molecule has 0 aliphatic carbocycles. The van der Waals surface area contributed by atoms with Gasteiger partial charge in [0.05, 0.1) is 30.2 Å². The number of rotatable bonds is 9. The highest BCUT2D eigenvalue weighted by Crippen LogP contribution is 2.26. The van der Waals surface area contributed by atoms with Crippen molar-refractivity contribution in [2.45, 2.75) is 31.3 Å². The number of hydrogen-bond donors (Lipinski definition) is 0. The second-order valence-corrected chi connectivity index (χ2v) is 7.46. The molecule has 0 spiro atoms. The van der Waals surface area contributed by atoms with E-state index in [4.69, 9.17) is 14.7 Å². The molecule has 0 amide bonds. The summed E-state index contributed by atoms with van der Waals surface area (Å²) in [5.41, 5.74) is 2.90. The largest absolute Gasteiger partial charge is 0.469 e. The van der Waals surface area contributed by atoms with Crippen molar-refractivity contribution < 1.29 is 19.1 Å². The van der Waals surface area contributed by atoms with E-state index in [0.717, 1.165) is 11.1 Å². The molecule has 0 saturated carbocycles. The Balaban J connectivity index is 1.79. The van der Waals surface area contributed by atoms with Gasteiger partial charge in [0.2, 0.25) is 0 Å². The lowest BCUT2D eigenvalue weighted by Crippen LogP contribution is -2.26. The van der Waals surface area contributed by atoms with E-state index in [2.05, 4.69) is 6.07 Å². The SMILES string of the molecule is COC(=O)C(CC(CCc1ccc(C#N)cc1)OC(=O)c1ccccc1)c1ccccc1. The lowest BCUT2D eigenvalue weighted by Gasteiger charge is -2.23. The average molecular weight is 428 g/mol. The van der Waals surface area contributed by atoms with Gasteiger partial charge in [0.1, 0.15) is 6.10 Å². The predicted molar refractivity (Wildman–Crippen MR) is 121 cm³/mol. The van der Waals surface area contributed by atoms with Crippen molar-refractivity contribution in [3.05, 3.63) is 107 Å². The molecule has 3 rings (SSSR count). The van der Waals surface area contributed by atoms with E-state index in [9.17, 15) is 9.59 Å². The molecule has 2 atom stereocenters. The van der Waals surface area contributed by atoms with E-state index >= 15 is 0 Å². The predicted octanol–water partition coefficient (Wildman–Crippen LogP) is 5.06. The quantitative estimate of drug-likeness (QED) is 0.446. The van der Waals surface area contributed by atoms with E-state index in [1.54, 1.807) is 36.4 Å². The Morgan fingerprint density at radius 1 is 0.906 bits per heavy atom. The second-order valence-electron chi connectivity index (χ2n) is 7.46. The Morgan fingerprint density at radius 3 is 2.12 bits per heavy atom. The smallest absolute Gasteiger partial charge is 0.338 e. The minimum absolute atomic E-state index is 0.311. The topological polar surface area (TPSA) is 76.4 Å². The summed E-state index contributed by atoms with van der Waals surface area (Å²) in [6.45, 7) is 0. The number of carbonyl (C=O) groups excluding carboxylic acids is 2. The molecule has 0 aliphatic heterocycles. The first-order valence-corrected chi connectivity index (χ1v) is 10.5. The molecule has 0 fully saturated rings. The van der Waals surface area contributed by atoms with Crippen LogP contribution in [0.5, 0.6) is 0 Å². The molecule has 0 aromatic heterocycles. The van der Waals surface area contributed by atoms with Crippen molar-refractivity contribution in [2.24, 2.45) is 0 Å². The maximum Gasteiger partial charge on any atom is 0.338 e. The van der Waals surface area contributed by atoms with Crippen LogP contribution in [0.15, 0.2) is 84.9 Å². The molecule has 2 unspecified atom stereocenters. The van der Waals surface area contributed by atoms with Crippen LogP contribution in [0.25, 0.3) is 0 Å². The molecule has 5 heteroatoms. The second kappa shape index (κ2) is 11.5. The zero-order chi connectivity index (χ0) is 22.8. The number of hydrogen-bond acceptors (Lipinski definition) is 5. The Kier molecular flexibility index (Phi) is 8.16. The van der Waals surface area contributed by atoms with E-state index < -0.39 is 18.0 Å².